The van der Waals surface area contributed by atoms with Crippen LogP contribution in [0.25, 0.3) is 11.0 Å². The largest absolute Gasteiger partial charge is 0.418 e. The molecule has 1 aliphatic heterocycles. The van der Waals surface area contributed by atoms with E-state index < -0.39 is 29.7 Å². The number of alkyl halides is 5. The van der Waals surface area contributed by atoms with Gasteiger partial charge in [0.15, 0.2) is 5.82 Å². The van der Waals surface area contributed by atoms with Crippen LogP contribution in [0, 0.1) is 5.82 Å². The molecule has 190 valence electrons. The molecule has 1 fully saturated rings. The van der Waals surface area contributed by atoms with Crippen LogP contribution in [0.15, 0.2) is 30.7 Å². The van der Waals surface area contributed by atoms with Gasteiger partial charge in [-0.15, -0.1) is 0 Å². The first-order valence-electron chi connectivity index (χ1n) is 11.7. The first-order chi connectivity index (χ1) is 16.5. The number of fused-ring (bicyclic) bond motifs is 1. The molecule has 0 saturated carbocycles. The average Bonchev–Trinajstić information content (AvgIpc) is 3.20. The molecule has 0 bridgehead atoms. The molecule has 2 aromatic heterocycles. The van der Waals surface area contributed by atoms with E-state index in [1.54, 1.807) is 19.9 Å². The van der Waals surface area contributed by atoms with Gasteiger partial charge in [0.25, 0.3) is 6.43 Å². The van der Waals surface area contributed by atoms with Crippen molar-refractivity contribution in [3.05, 3.63) is 58.9 Å². The third kappa shape index (κ3) is 5.32. The predicted octanol–water partition coefficient (Wildman–Crippen LogP) is 6.96. The minimum atomic E-state index is -4.52. The Bertz CT molecular complexity index is 1190. The van der Waals surface area contributed by atoms with Gasteiger partial charge in [0.2, 0.25) is 0 Å². The lowest BCUT2D eigenvalue weighted by atomic mass is 9.81. The van der Waals surface area contributed by atoms with E-state index in [9.17, 15) is 26.3 Å². The third-order valence-corrected chi connectivity index (χ3v) is 6.69. The fraction of sp³-hybridized carbons (Fsp3) is 0.520. The Morgan fingerprint density at radius 2 is 1.89 bits per heavy atom. The molecule has 10 heteroatoms. The summed E-state index contributed by atoms with van der Waals surface area (Å²) >= 11 is 0. The Hall–Kier alpha value is -2.62. The van der Waals surface area contributed by atoms with Crippen molar-refractivity contribution < 1.29 is 26.3 Å². The van der Waals surface area contributed by atoms with Crippen LogP contribution in [0.2, 0.25) is 0 Å². The second-order valence-corrected chi connectivity index (χ2v) is 9.63. The number of hydrogen-bond acceptors (Lipinski definition) is 3. The Morgan fingerprint density at radius 1 is 1.14 bits per heavy atom. The molecule has 0 aliphatic carbocycles. The van der Waals surface area contributed by atoms with Gasteiger partial charge in [0.1, 0.15) is 5.69 Å². The van der Waals surface area contributed by atoms with Crippen molar-refractivity contribution in [1.29, 1.82) is 0 Å². The maximum absolute atomic E-state index is 14.7. The second-order valence-electron chi connectivity index (χ2n) is 9.63. The van der Waals surface area contributed by atoms with Crippen molar-refractivity contribution in [2.45, 2.75) is 83.1 Å². The number of aryl methyl sites for hydroxylation is 1. The number of rotatable bonds is 6. The lowest BCUT2D eigenvalue weighted by Crippen LogP contribution is -2.43. The Kier molecular flexibility index (Phi) is 7.13. The van der Waals surface area contributed by atoms with Crippen LogP contribution in [0.4, 0.5) is 26.3 Å². The fourth-order valence-electron chi connectivity index (χ4n) is 5.13. The van der Waals surface area contributed by atoms with Crippen molar-refractivity contribution in [2.24, 2.45) is 0 Å². The summed E-state index contributed by atoms with van der Waals surface area (Å²) < 4.78 is 84.1. The molecule has 35 heavy (non-hydrogen) atoms. The maximum atomic E-state index is 14.7. The lowest BCUT2D eigenvalue weighted by molar-refractivity contribution is -0.136. The molecule has 4 rings (SSSR count). The molecular weight excluding hydrogens is 470 g/mol. The zero-order chi connectivity index (χ0) is 25.5. The van der Waals surface area contributed by atoms with Crippen molar-refractivity contribution in [1.82, 2.24) is 19.9 Å². The SMILES string of the molecule is CC1CC(c2ccnc(C(F)F)c2F)CC(CCc2cc(C(F)(F)F)c3c(c2)ncn3C(C)C)N1. The lowest BCUT2D eigenvalue weighted by Gasteiger charge is -2.35. The van der Waals surface area contributed by atoms with Crippen LogP contribution >= 0.6 is 0 Å². The van der Waals surface area contributed by atoms with Crippen LogP contribution in [-0.2, 0) is 12.6 Å². The van der Waals surface area contributed by atoms with E-state index in [-0.39, 0.29) is 35.1 Å². The van der Waals surface area contributed by atoms with Gasteiger partial charge in [0.05, 0.1) is 22.9 Å². The van der Waals surface area contributed by atoms with Gasteiger partial charge < -0.3 is 9.88 Å². The molecule has 1 aliphatic rings. The van der Waals surface area contributed by atoms with E-state index >= 15 is 0 Å². The number of pyridine rings is 1. The number of benzene rings is 1. The van der Waals surface area contributed by atoms with Gasteiger partial charge in [-0.25, -0.2) is 18.2 Å². The highest BCUT2D eigenvalue weighted by Gasteiger charge is 2.35. The molecule has 1 saturated heterocycles. The fourth-order valence-corrected chi connectivity index (χ4v) is 5.13. The van der Waals surface area contributed by atoms with Crippen LogP contribution in [0.1, 0.15) is 80.8 Å². The van der Waals surface area contributed by atoms with Gasteiger partial charge >= 0.3 is 6.18 Å². The van der Waals surface area contributed by atoms with Crippen molar-refractivity contribution in [2.75, 3.05) is 0 Å². The molecule has 1 N–H and O–H groups in total. The highest BCUT2D eigenvalue weighted by molar-refractivity contribution is 5.81. The van der Waals surface area contributed by atoms with Gasteiger partial charge in [-0.1, -0.05) is 0 Å². The van der Waals surface area contributed by atoms with E-state index in [2.05, 4.69) is 15.3 Å². The number of nitrogens with zero attached hydrogens (tertiary/aromatic N) is 3. The zero-order valence-electron chi connectivity index (χ0n) is 19.7. The van der Waals surface area contributed by atoms with Gasteiger partial charge in [0, 0.05) is 24.3 Å². The highest BCUT2D eigenvalue weighted by Crippen LogP contribution is 2.38. The summed E-state index contributed by atoms with van der Waals surface area (Å²) in [6, 6.07) is 4.03. The quantitative estimate of drug-likeness (QED) is 0.374. The first-order valence-corrected chi connectivity index (χ1v) is 11.7. The summed E-state index contributed by atoms with van der Waals surface area (Å²) in [6.07, 6.45) is -2.95. The summed E-state index contributed by atoms with van der Waals surface area (Å²) in [5, 5.41) is 3.42. The molecule has 3 heterocycles. The van der Waals surface area contributed by atoms with E-state index in [1.807, 2.05) is 6.92 Å². The standard InChI is InChI=1S/C25H28F6N4/c1-13(2)35-12-33-20-10-15(9-19(23(20)35)25(29,30)31)4-5-17-11-16(8-14(3)34-17)18-6-7-32-22(21(18)26)24(27)28/h6-7,9-10,12-14,16-17,24,34H,4-5,8,11H2,1-3H3. The number of aromatic nitrogens is 3. The Balaban J connectivity index is 1.56. The van der Waals surface area contributed by atoms with Crippen LogP contribution < -0.4 is 5.32 Å². The number of nitrogens with one attached hydrogen (secondary N) is 1. The van der Waals surface area contributed by atoms with Crippen LogP contribution in [-0.4, -0.2) is 26.6 Å². The minimum absolute atomic E-state index is 0.00345. The summed E-state index contributed by atoms with van der Waals surface area (Å²) in [5.41, 5.74) is -0.455. The van der Waals surface area contributed by atoms with Gasteiger partial charge in [-0.3, -0.25) is 4.98 Å². The summed E-state index contributed by atoms with van der Waals surface area (Å²) in [7, 11) is 0. The third-order valence-electron chi connectivity index (χ3n) is 6.69. The average molecular weight is 499 g/mol. The predicted molar refractivity (Wildman–Crippen MR) is 121 cm³/mol. The molecule has 3 atom stereocenters. The zero-order valence-corrected chi connectivity index (χ0v) is 19.7. The molecule has 0 radical (unpaired) electrons. The number of halogens is 6. The summed E-state index contributed by atoms with van der Waals surface area (Å²) in [6.45, 7) is 5.54. The van der Waals surface area contributed by atoms with Crippen LogP contribution in [0.3, 0.4) is 0 Å². The molecule has 3 unspecified atom stereocenters. The Morgan fingerprint density at radius 3 is 2.54 bits per heavy atom. The van der Waals surface area contributed by atoms with E-state index in [0.717, 1.165) is 0 Å². The summed E-state index contributed by atoms with van der Waals surface area (Å²) in [4.78, 5) is 7.68. The first kappa shape index (κ1) is 25.5. The topological polar surface area (TPSA) is 42.7 Å². The Labute approximate surface area is 199 Å². The van der Waals surface area contributed by atoms with Gasteiger partial charge in [-0.2, -0.15) is 13.2 Å². The molecule has 1 aromatic carbocycles. The van der Waals surface area contributed by atoms with Crippen LogP contribution in [0.5, 0.6) is 0 Å². The van der Waals surface area contributed by atoms with Crippen molar-refractivity contribution in [3.63, 3.8) is 0 Å². The van der Waals surface area contributed by atoms with Crippen molar-refractivity contribution >= 4 is 11.0 Å². The number of piperidine rings is 1. The smallest absolute Gasteiger partial charge is 0.328 e. The summed E-state index contributed by atoms with van der Waals surface area (Å²) in [5.74, 6) is -1.26. The van der Waals surface area contributed by atoms with E-state index in [4.69, 9.17) is 0 Å². The number of imidazole rings is 1. The van der Waals surface area contributed by atoms with Crippen molar-refractivity contribution in [3.8, 4) is 0 Å². The van der Waals surface area contributed by atoms with E-state index in [0.29, 0.717) is 36.8 Å². The molecule has 4 nitrogen and oxygen atoms in total. The highest BCUT2D eigenvalue weighted by atomic mass is 19.4. The molecular formula is C25H28F6N4. The van der Waals surface area contributed by atoms with E-state index in [1.165, 1.54) is 29.2 Å². The second kappa shape index (κ2) is 9.79. The monoisotopic (exact) mass is 498 g/mol. The maximum Gasteiger partial charge on any atom is 0.418 e. The number of hydrogen-bond donors (Lipinski definition) is 1. The minimum Gasteiger partial charge on any atom is -0.328 e. The normalized spacial score (nSPS) is 21.4. The molecule has 0 amide bonds. The molecule has 0 spiro atoms. The van der Waals surface area contributed by atoms with Gasteiger partial charge in [-0.05, 0) is 81.7 Å². The molecule has 3 aromatic rings.